The fourth-order valence-corrected chi connectivity index (χ4v) is 4.09. The average molecular weight is 365 g/mol. The normalized spacial score (nSPS) is 19.9. The molecule has 1 aliphatic heterocycles. The van der Waals surface area contributed by atoms with Gasteiger partial charge >= 0.3 is 0 Å². The van der Waals surface area contributed by atoms with Gasteiger partial charge in [-0.1, -0.05) is 6.42 Å². The molecule has 0 aliphatic carbocycles. The molecule has 2 rings (SSSR count). The Morgan fingerprint density at radius 2 is 2.20 bits per heavy atom. The van der Waals surface area contributed by atoms with E-state index < -0.39 is 15.8 Å². The van der Waals surface area contributed by atoms with E-state index in [4.69, 9.17) is 0 Å². The highest BCUT2D eigenvalue weighted by Gasteiger charge is 2.21. The number of aryl methyl sites for hydroxylation is 1. The van der Waals surface area contributed by atoms with Gasteiger partial charge in [-0.05, 0) is 59.9 Å². The molecular formula is C13H18BrFN2O2S. The van der Waals surface area contributed by atoms with Gasteiger partial charge in [0.05, 0.1) is 15.9 Å². The Kier molecular flexibility index (Phi) is 5.04. The summed E-state index contributed by atoms with van der Waals surface area (Å²) in [5.41, 5.74) is 0.972. The second kappa shape index (κ2) is 6.41. The van der Waals surface area contributed by atoms with Crippen LogP contribution in [0, 0.1) is 12.7 Å². The second-order valence-corrected chi connectivity index (χ2v) is 7.73. The first-order chi connectivity index (χ1) is 9.37. The summed E-state index contributed by atoms with van der Waals surface area (Å²) in [6.07, 6.45) is 3.01. The van der Waals surface area contributed by atoms with Crippen molar-refractivity contribution in [3.05, 3.63) is 28.0 Å². The van der Waals surface area contributed by atoms with Crippen molar-refractivity contribution in [1.82, 2.24) is 5.32 Å². The topological polar surface area (TPSA) is 58.2 Å². The number of piperidine rings is 1. The van der Waals surface area contributed by atoms with Crippen LogP contribution < -0.4 is 10.0 Å². The van der Waals surface area contributed by atoms with Crippen molar-refractivity contribution in [3.63, 3.8) is 0 Å². The minimum atomic E-state index is -3.44. The van der Waals surface area contributed by atoms with E-state index in [1.807, 2.05) is 0 Å². The van der Waals surface area contributed by atoms with E-state index >= 15 is 0 Å². The molecule has 1 saturated heterocycles. The zero-order chi connectivity index (χ0) is 14.8. The van der Waals surface area contributed by atoms with Gasteiger partial charge in [-0.25, -0.2) is 12.8 Å². The summed E-state index contributed by atoms with van der Waals surface area (Å²) in [5.74, 6) is -0.360. The zero-order valence-electron chi connectivity index (χ0n) is 11.2. The summed E-state index contributed by atoms with van der Waals surface area (Å²) < 4.78 is 40.4. The van der Waals surface area contributed by atoms with Gasteiger partial charge in [-0.3, -0.25) is 4.72 Å². The Hall–Kier alpha value is -0.660. The highest BCUT2D eigenvalue weighted by Crippen LogP contribution is 2.25. The van der Waals surface area contributed by atoms with Crippen LogP contribution in [-0.4, -0.2) is 26.8 Å². The van der Waals surface area contributed by atoms with Gasteiger partial charge in [0.25, 0.3) is 0 Å². The summed E-state index contributed by atoms with van der Waals surface area (Å²) in [5, 5.41) is 3.21. The van der Waals surface area contributed by atoms with Gasteiger partial charge in [0, 0.05) is 6.04 Å². The molecule has 1 aromatic rings. The summed E-state index contributed by atoms with van der Waals surface area (Å²) in [4.78, 5) is 0. The molecule has 1 unspecified atom stereocenters. The van der Waals surface area contributed by atoms with Crippen LogP contribution in [0.3, 0.4) is 0 Å². The molecule has 2 N–H and O–H groups in total. The molecule has 0 bridgehead atoms. The van der Waals surface area contributed by atoms with Crippen LogP contribution in [0.5, 0.6) is 0 Å². The van der Waals surface area contributed by atoms with Crippen LogP contribution in [0.15, 0.2) is 16.6 Å². The number of hydrogen-bond donors (Lipinski definition) is 2. The minimum Gasteiger partial charge on any atom is -0.313 e. The van der Waals surface area contributed by atoms with Crippen LogP contribution in [0.1, 0.15) is 24.8 Å². The minimum absolute atomic E-state index is 0.00885. The first kappa shape index (κ1) is 15.7. The first-order valence-corrected chi connectivity index (χ1v) is 9.01. The molecule has 1 fully saturated rings. The van der Waals surface area contributed by atoms with Gasteiger partial charge < -0.3 is 5.32 Å². The lowest BCUT2D eigenvalue weighted by atomic mass is 10.1. The van der Waals surface area contributed by atoms with E-state index in [9.17, 15) is 12.8 Å². The number of hydrogen-bond acceptors (Lipinski definition) is 3. The maximum atomic E-state index is 13.3. The molecule has 0 spiro atoms. The zero-order valence-corrected chi connectivity index (χ0v) is 13.7. The van der Waals surface area contributed by atoms with Crippen molar-refractivity contribution in [2.75, 3.05) is 17.0 Å². The molecule has 0 saturated carbocycles. The number of halogens is 2. The fourth-order valence-electron chi connectivity index (χ4n) is 2.30. The van der Waals surface area contributed by atoms with Gasteiger partial charge in [0.1, 0.15) is 5.82 Å². The molecule has 0 amide bonds. The molecule has 112 valence electrons. The second-order valence-electron chi connectivity index (χ2n) is 5.11. The molecular weight excluding hydrogens is 347 g/mol. The molecule has 20 heavy (non-hydrogen) atoms. The largest absolute Gasteiger partial charge is 0.313 e. The van der Waals surface area contributed by atoms with Crippen molar-refractivity contribution < 1.29 is 12.8 Å². The third-order valence-corrected chi connectivity index (χ3v) is 5.35. The molecule has 1 aliphatic rings. The summed E-state index contributed by atoms with van der Waals surface area (Å²) in [6, 6.07) is 2.75. The van der Waals surface area contributed by atoms with E-state index in [0.29, 0.717) is 11.3 Å². The lowest BCUT2D eigenvalue weighted by Gasteiger charge is -2.23. The van der Waals surface area contributed by atoms with E-state index in [-0.39, 0.29) is 16.3 Å². The Bertz CT molecular complexity index is 586. The van der Waals surface area contributed by atoms with Crippen LogP contribution >= 0.6 is 15.9 Å². The van der Waals surface area contributed by atoms with Gasteiger partial charge in [0.2, 0.25) is 10.0 Å². The quantitative estimate of drug-likeness (QED) is 0.863. The fraction of sp³-hybridized carbons (Fsp3) is 0.538. The standard InChI is InChI=1S/C13H18BrFN2O2S/c1-9-6-12(15)11(14)7-13(9)17-20(18,19)8-10-4-2-3-5-16-10/h6-7,10,16-17H,2-5,8H2,1H3. The Balaban J connectivity index is 2.09. The maximum Gasteiger partial charge on any atom is 0.234 e. The van der Waals surface area contributed by atoms with E-state index in [1.54, 1.807) is 6.92 Å². The van der Waals surface area contributed by atoms with Crippen molar-refractivity contribution in [3.8, 4) is 0 Å². The Labute approximate surface area is 127 Å². The number of rotatable bonds is 4. The van der Waals surface area contributed by atoms with Crippen molar-refractivity contribution in [2.24, 2.45) is 0 Å². The van der Waals surface area contributed by atoms with Crippen molar-refractivity contribution in [2.45, 2.75) is 32.2 Å². The highest BCUT2D eigenvalue weighted by molar-refractivity contribution is 9.10. The van der Waals surface area contributed by atoms with Crippen LogP contribution in [0.2, 0.25) is 0 Å². The molecule has 1 aromatic carbocycles. The van der Waals surface area contributed by atoms with Crippen molar-refractivity contribution in [1.29, 1.82) is 0 Å². The monoisotopic (exact) mass is 364 g/mol. The van der Waals surface area contributed by atoms with Crippen LogP contribution in [0.4, 0.5) is 10.1 Å². The smallest absolute Gasteiger partial charge is 0.234 e. The molecule has 7 heteroatoms. The lowest BCUT2D eigenvalue weighted by Crippen LogP contribution is -2.40. The third kappa shape index (κ3) is 4.17. The number of benzene rings is 1. The van der Waals surface area contributed by atoms with Crippen LogP contribution in [-0.2, 0) is 10.0 Å². The molecule has 0 aromatic heterocycles. The molecule has 0 radical (unpaired) electrons. The van der Waals surface area contributed by atoms with Gasteiger partial charge in [0.15, 0.2) is 0 Å². The van der Waals surface area contributed by atoms with E-state index in [0.717, 1.165) is 25.8 Å². The Morgan fingerprint density at radius 3 is 2.85 bits per heavy atom. The molecule has 1 heterocycles. The maximum absolute atomic E-state index is 13.3. The number of nitrogens with one attached hydrogen (secondary N) is 2. The average Bonchev–Trinajstić information content (AvgIpc) is 2.36. The highest BCUT2D eigenvalue weighted by atomic mass is 79.9. The van der Waals surface area contributed by atoms with Crippen LogP contribution in [0.25, 0.3) is 0 Å². The Morgan fingerprint density at radius 1 is 1.45 bits per heavy atom. The lowest BCUT2D eigenvalue weighted by molar-refractivity contribution is 0.424. The summed E-state index contributed by atoms with van der Waals surface area (Å²) in [6.45, 7) is 2.54. The van der Waals surface area contributed by atoms with E-state index in [1.165, 1.54) is 12.1 Å². The molecule has 4 nitrogen and oxygen atoms in total. The SMILES string of the molecule is Cc1cc(F)c(Br)cc1NS(=O)(=O)CC1CCCCN1. The first-order valence-electron chi connectivity index (χ1n) is 6.57. The number of anilines is 1. The summed E-state index contributed by atoms with van der Waals surface area (Å²) >= 11 is 3.06. The van der Waals surface area contributed by atoms with Gasteiger partial charge in [-0.15, -0.1) is 0 Å². The van der Waals surface area contributed by atoms with E-state index in [2.05, 4.69) is 26.0 Å². The van der Waals surface area contributed by atoms with Gasteiger partial charge in [-0.2, -0.15) is 0 Å². The van der Waals surface area contributed by atoms with Crippen molar-refractivity contribution >= 4 is 31.6 Å². The predicted molar refractivity (Wildman–Crippen MR) is 81.9 cm³/mol. The predicted octanol–water partition coefficient (Wildman–Crippen LogP) is 2.78. The summed E-state index contributed by atoms with van der Waals surface area (Å²) in [7, 11) is -3.44. The number of sulfonamides is 1. The molecule has 1 atom stereocenters. The third-order valence-electron chi connectivity index (χ3n) is 3.37.